The number of hydrogen-bond acceptors (Lipinski definition) is 4. The lowest BCUT2D eigenvalue weighted by Gasteiger charge is -2.25. The first-order valence-electron chi connectivity index (χ1n) is 9.30. The van der Waals surface area contributed by atoms with E-state index in [0.717, 1.165) is 40.6 Å². The predicted octanol–water partition coefficient (Wildman–Crippen LogP) is 4.89. The van der Waals surface area contributed by atoms with Gasteiger partial charge < -0.3 is 9.52 Å². The van der Waals surface area contributed by atoms with Crippen LogP contribution in [0.4, 0.5) is 0 Å². The molecule has 1 N–H and O–H groups in total. The summed E-state index contributed by atoms with van der Waals surface area (Å²) in [7, 11) is 0. The van der Waals surface area contributed by atoms with E-state index >= 15 is 0 Å². The SMILES string of the molecule is O=C(O)c1cnn2c(C3CCCCC3)c(-c3ccc4occc4c3)cnc12. The molecule has 0 atom stereocenters. The molecular weight excluding hydrogens is 342 g/mol. The predicted molar refractivity (Wildman–Crippen MR) is 101 cm³/mol. The minimum atomic E-state index is -1.00. The smallest absolute Gasteiger partial charge is 0.341 e. The highest BCUT2D eigenvalue weighted by atomic mass is 16.4. The molecule has 3 aromatic heterocycles. The molecule has 136 valence electrons. The first kappa shape index (κ1) is 16.1. The van der Waals surface area contributed by atoms with Crippen LogP contribution in [-0.2, 0) is 0 Å². The van der Waals surface area contributed by atoms with Crippen LogP contribution >= 0.6 is 0 Å². The van der Waals surface area contributed by atoms with Crippen molar-refractivity contribution in [3.8, 4) is 11.1 Å². The second-order valence-corrected chi connectivity index (χ2v) is 7.16. The molecule has 4 aromatic rings. The Balaban J connectivity index is 1.76. The van der Waals surface area contributed by atoms with E-state index in [2.05, 4.69) is 16.1 Å². The molecule has 6 heteroatoms. The third-order valence-electron chi connectivity index (χ3n) is 5.55. The highest BCUT2D eigenvalue weighted by molar-refractivity contribution is 5.94. The topological polar surface area (TPSA) is 80.6 Å². The largest absolute Gasteiger partial charge is 0.477 e. The molecular formula is C21H19N3O3. The lowest BCUT2D eigenvalue weighted by molar-refractivity contribution is 0.0698. The molecule has 0 spiro atoms. The Morgan fingerprint density at radius 1 is 1.15 bits per heavy atom. The average Bonchev–Trinajstić information content (AvgIpc) is 3.34. The van der Waals surface area contributed by atoms with Crippen LogP contribution in [0.3, 0.4) is 0 Å². The summed E-state index contributed by atoms with van der Waals surface area (Å²) in [4.78, 5) is 16.0. The second-order valence-electron chi connectivity index (χ2n) is 7.16. The summed E-state index contributed by atoms with van der Waals surface area (Å²) in [5.74, 6) is -0.652. The van der Waals surface area contributed by atoms with Crippen molar-refractivity contribution in [2.45, 2.75) is 38.0 Å². The molecule has 0 aliphatic heterocycles. The van der Waals surface area contributed by atoms with Gasteiger partial charge in [-0.05, 0) is 36.6 Å². The van der Waals surface area contributed by atoms with Gasteiger partial charge in [-0.3, -0.25) is 0 Å². The Labute approximate surface area is 155 Å². The van der Waals surface area contributed by atoms with Gasteiger partial charge in [0.2, 0.25) is 0 Å². The third kappa shape index (κ3) is 2.60. The summed E-state index contributed by atoms with van der Waals surface area (Å²) >= 11 is 0. The van der Waals surface area contributed by atoms with Gasteiger partial charge in [0.15, 0.2) is 5.65 Å². The Morgan fingerprint density at radius 2 is 2.00 bits per heavy atom. The van der Waals surface area contributed by atoms with Gasteiger partial charge in [-0.25, -0.2) is 14.3 Å². The van der Waals surface area contributed by atoms with Gasteiger partial charge in [0, 0.05) is 23.1 Å². The van der Waals surface area contributed by atoms with Crippen molar-refractivity contribution in [1.82, 2.24) is 14.6 Å². The van der Waals surface area contributed by atoms with E-state index in [9.17, 15) is 9.90 Å². The molecule has 0 radical (unpaired) electrons. The summed E-state index contributed by atoms with van der Waals surface area (Å²) in [6.45, 7) is 0. The van der Waals surface area contributed by atoms with Crippen LogP contribution in [0.25, 0.3) is 27.7 Å². The summed E-state index contributed by atoms with van der Waals surface area (Å²) in [5.41, 5.74) is 4.53. The third-order valence-corrected chi connectivity index (χ3v) is 5.55. The maximum atomic E-state index is 11.5. The molecule has 5 rings (SSSR count). The van der Waals surface area contributed by atoms with E-state index in [4.69, 9.17) is 4.42 Å². The quantitative estimate of drug-likeness (QED) is 0.562. The zero-order valence-electron chi connectivity index (χ0n) is 14.8. The molecule has 0 amide bonds. The monoisotopic (exact) mass is 361 g/mol. The number of furan rings is 1. The lowest BCUT2D eigenvalue weighted by atomic mass is 9.84. The molecule has 1 fully saturated rings. The summed E-state index contributed by atoms with van der Waals surface area (Å²) in [6.07, 6.45) is 10.7. The maximum absolute atomic E-state index is 11.5. The molecule has 27 heavy (non-hydrogen) atoms. The number of hydrogen-bond donors (Lipinski definition) is 1. The lowest BCUT2D eigenvalue weighted by Crippen LogP contribution is -2.13. The molecule has 1 saturated carbocycles. The summed E-state index contributed by atoms with van der Waals surface area (Å²) in [5, 5.41) is 14.9. The second kappa shape index (κ2) is 6.23. The van der Waals surface area contributed by atoms with E-state index in [-0.39, 0.29) is 5.56 Å². The van der Waals surface area contributed by atoms with Gasteiger partial charge in [0.05, 0.1) is 18.2 Å². The Morgan fingerprint density at radius 3 is 2.81 bits per heavy atom. The summed E-state index contributed by atoms with van der Waals surface area (Å²) in [6, 6.07) is 8.03. The van der Waals surface area contributed by atoms with Crippen molar-refractivity contribution in [3.05, 3.63) is 54.2 Å². The number of fused-ring (bicyclic) bond motifs is 2. The highest BCUT2D eigenvalue weighted by Gasteiger charge is 2.25. The molecule has 1 aromatic carbocycles. The number of aromatic nitrogens is 3. The van der Waals surface area contributed by atoms with Crippen LogP contribution in [0.2, 0.25) is 0 Å². The van der Waals surface area contributed by atoms with E-state index in [1.807, 2.05) is 18.2 Å². The van der Waals surface area contributed by atoms with Gasteiger partial charge in [0.1, 0.15) is 11.1 Å². The zero-order chi connectivity index (χ0) is 18.4. The minimum Gasteiger partial charge on any atom is -0.477 e. The van der Waals surface area contributed by atoms with E-state index in [0.29, 0.717) is 11.6 Å². The van der Waals surface area contributed by atoms with Crippen LogP contribution in [-0.4, -0.2) is 25.7 Å². The fourth-order valence-corrected chi connectivity index (χ4v) is 4.22. The number of aromatic carboxylic acids is 1. The Bertz CT molecular complexity index is 1150. The van der Waals surface area contributed by atoms with Gasteiger partial charge in [-0.2, -0.15) is 5.10 Å². The molecule has 0 saturated heterocycles. The van der Waals surface area contributed by atoms with Crippen molar-refractivity contribution in [2.75, 3.05) is 0 Å². The van der Waals surface area contributed by atoms with E-state index in [1.165, 1.54) is 25.5 Å². The number of rotatable bonds is 3. The van der Waals surface area contributed by atoms with Crippen LogP contribution in [0.15, 0.2) is 47.3 Å². The van der Waals surface area contributed by atoms with Gasteiger partial charge in [-0.1, -0.05) is 25.3 Å². The molecule has 1 aliphatic carbocycles. The van der Waals surface area contributed by atoms with Crippen LogP contribution in [0, 0.1) is 0 Å². The van der Waals surface area contributed by atoms with Gasteiger partial charge >= 0.3 is 5.97 Å². The first-order valence-corrected chi connectivity index (χ1v) is 9.30. The Kier molecular flexibility index (Phi) is 3.70. The number of carboxylic acid groups (broad SMARTS) is 1. The van der Waals surface area contributed by atoms with Crippen molar-refractivity contribution in [3.63, 3.8) is 0 Å². The van der Waals surface area contributed by atoms with Crippen LogP contribution in [0.5, 0.6) is 0 Å². The van der Waals surface area contributed by atoms with Gasteiger partial charge in [-0.15, -0.1) is 0 Å². The minimum absolute atomic E-state index is 0.142. The fraction of sp³-hybridized carbons (Fsp3) is 0.286. The highest BCUT2D eigenvalue weighted by Crippen LogP contribution is 2.39. The normalized spacial score (nSPS) is 15.6. The average molecular weight is 361 g/mol. The van der Waals surface area contributed by atoms with Crippen molar-refractivity contribution in [2.24, 2.45) is 0 Å². The van der Waals surface area contributed by atoms with Gasteiger partial charge in [0.25, 0.3) is 0 Å². The van der Waals surface area contributed by atoms with E-state index in [1.54, 1.807) is 17.0 Å². The standard InChI is InChI=1S/C21H19N3O3/c25-21(26)17-12-23-24-19(13-4-2-1-3-5-13)16(11-22-20(17)24)14-6-7-18-15(10-14)8-9-27-18/h6-13H,1-5H2,(H,25,26). The number of nitrogens with zero attached hydrogens (tertiary/aromatic N) is 3. The number of carboxylic acids is 1. The molecule has 6 nitrogen and oxygen atoms in total. The van der Waals surface area contributed by atoms with Crippen molar-refractivity contribution in [1.29, 1.82) is 0 Å². The number of benzene rings is 1. The van der Waals surface area contributed by atoms with Crippen LogP contribution in [0.1, 0.15) is 54.1 Å². The molecule has 1 aliphatic rings. The van der Waals surface area contributed by atoms with E-state index < -0.39 is 5.97 Å². The molecule has 0 bridgehead atoms. The first-order chi connectivity index (χ1) is 13.2. The Hall–Kier alpha value is -3.15. The molecule has 0 unspecified atom stereocenters. The van der Waals surface area contributed by atoms with Crippen molar-refractivity contribution < 1.29 is 14.3 Å². The zero-order valence-corrected chi connectivity index (χ0v) is 14.8. The summed E-state index contributed by atoms with van der Waals surface area (Å²) < 4.78 is 7.20. The fourth-order valence-electron chi connectivity index (χ4n) is 4.22. The molecule has 3 heterocycles. The number of carbonyl (C=O) groups is 1. The van der Waals surface area contributed by atoms with Crippen molar-refractivity contribution >= 4 is 22.6 Å². The maximum Gasteiger partial charge on any atom is 0.341 e. The van der Waals surface area contributed by atoms with Crippen LogP contribution < -0.4 is 0 Å².